The van der Waals surface area contributed by atoms with Gasteiger partial charge in [0.1, 0.15) is 17.2 Å². The number of ketones is 1. The molecule has 1 unspecified atom stereocenters. The van der Waals surface area contributed by atoms with Crippen molar-refractivity contribution >= 4 is 35.2 Å². The van der Waals surface area contributed by atoms with Gasteiger partial charge >= 0.3 is 11.9 Å². The van der Waals surface area contributed by atoms with Gasteiger partial charge in [-0.15, -0.1) is 0 Å². The van der Waals surface area contributed by atoms with Crippen molar-refractivity contribution in [2.24, 2.45) is 0 Å². The van der Waals surface area contributed by atoms with Crippen molar-refractivity contribution < 1.29 is 33.4 Å². The average molecular weight is 517 g/mol. The van der Waals surface area contributed by atoms with Crippen LogP contribution in [0.15, 0.2) is 48.5 Å². The zero-order valence-corrected chi connectivity index (χ0v) is 20.0. The van der Waals surface area contributed by atoms with Gasteiger partial charge in [0.25, 0.3) is 5.91 Å². The van der Waals surface area contributed by atoms with Gasteiger partial charge in [0, 0.05) is 31.0 Å². The molecule has 0 saturated carbocycles. The second-order valence-electron chi connectivity index (χ2n) is 7.80. The number of rotatable bonds is 10. The zero-order valence-electron chi connectivity index (χ0n) is 19.2. The van der Waals surface area contributed by atoms with Gasteiger partial charge < -0.3 is 9.84 Å². The maximum atomic E-state index is 14.2. The van der Waals surface area contributed by atoms with Crippen molar-refractivity contribution in [3.05, 3.63) is 76.3 Å². The fourth-order valence-corrected chi connectivity index (χ4v) is 3.44. The number of benzene rings is 2. The number of carbonyl (C=O) groups is 4. The molecule has 0 bridgehead atoms. The number of aromatic amines is 1. The predicted molar refractivity (Wildman–Crippen MR) is 127 cm³/mol. The number of halogens is 2. The minimum atomic E-state index is -1.57. The first-order valence-electron chi connectivity index (χ1n) is 10.6. The van der Waals surface area contributed by atoms with E-state index < -0.39 is 29.8 Å². The minimum absolute atomic E-state index is 0.00277. The second-order valence-corrected chi connectivity index (χ2v) is 8.24. The molecule has 3 aromatic rings. The third-order valence-corrected chi connectivity index (χ3v) is 5.21. The summed E-state index contributed by atoms with van der Waals surface area (Å²) >= 11 is 5.97. The SMILES string of the molecule is CC(=O)OC(CN(Cc1ccc(-c2cc(Cl)ccc2F)cc1)NC(=O)c1cc(C(C)=O)n[nH]1)C(=O)O. The third kappa shape index (κ3) is 6.96. The smallest absolute Gasteiger partial charge is 0.346 e. The molecule has 10 nitrogen and oxygen atoms in total. The highest BCUT2D eigenvalue weighted by molar-refractivity contribution is 6.30. The van der Waals surface area contributed by atoms with Gasteiger partial charge in [0.2, 0.25) is 6.10 Å². The number of nitrogens with one attached hydrogen (secondary N) is 2. The number of H-pyrrole nitrogens is 1. The van der Waals surface area contributed by atoms with Crippen molar-refractivity contribution in [3.8, 4) is 11.1 Å². The molecular weight excluding hydrogens is 495 g/mol. The van der Waals surface area contributed by atoms with E-state index in [0.717, 1.165) is 6.92 Å². The Hall–Kier alpha value is -4.09. The highest BCUT2D eigenvalue weighted by atomic mass is 35.5. The summed E-state index contributed by atoms with van der Waals surface area (Å²) in [5.74, 6) is -3.70. The summed E-state index contributed by atoms with van der Waals surface area (Å²) in [7, 11) is 0. The molecule has 3 N–H and O–H groups in total. The fourth-order valence-electron chi connectivity index (χ4n) is 3.27. The van der Waals surface area contributed by atoms with Gasteiger partial charge in [0.15, 0.2) is 5.78 Å². The second kappa shape index (κ2) is 11.6. The van der Waals surface area contributed by atoms with E-state index in [-0.39, 0.29) is 30.3 Å². The molecule has 3 rings (SSSR count). The van der Waals surface area contributed by atoms with E-state index in [4.69, 9.17) is 16.3 Å². The van der Waals surface area contributed by atoms with Crippen LogP contribution in [0.25, 0.3) is 11.1 Å². The number of carbonyl (C=O) groups excluding carboxylic acids is 3. The fraction of sp³-hybridized carbons (Fsp3) is 0.208. The molecule has 0 aliphatic heterocycles. The van der Waals surface area contributed by atoms with E-state index in [1.165, 1.54) is 36.2 Å². The summed E-state index contributed by atoms with van der Waals surface area (Å²) in [4.78, 5) is 47.1. The third-order valence-electron chi connectivity index (χ3n) is 4.98. The quantitative estimate of drug-likeness (QED) is 0.212. The van der Waals surface area contributed by atoms with Crippen molar-refractivity contribution in [1.82, 2.24) is 20.6 Å². The Morgan fingerprint density at radius 1 is 1.14 bits per heavy atom. The molecule has 0 radical (unpaired) electrons. The number of hydrogen-bond donors (Lipinski definition) is 3. The van der Waals surface area contributed by atoms with Crippen LogP contribution in [-0.2, 0) is 20.9 Å². The van der Waals surface area contributed by atoms with Crippen LogP contribution >= 0.6 is 11.6 Å². The van der Waals surface area contributed by atoms with Gasteiger partial charge in [-0.05, 0) is 35.4 Å². The lowest BCUT2D eigenvalue weighted by Gasteiger charge is -2.26. The Morgan fingerprint density at radius 3 is 2.42 bits per heavy atom. The average Bonchev–Trinajstić information content (AvgIpc) is 3.31. The van der Waals surface area contributed by atoms with E-state index >= 15 is 0 Å². The molecule has 1 aromatic heterocycles. The highest BCUT2D eigenvalue weighted by Gasteiger charge is 2.26. The van der Waals surface area contributed by atoms with Crippen molar-refractivity contribution in [1.29, 1.82) is 0 Å². The first-order valence-corrected chi connectivity index (χ1v) is 11.0. The highest BCUT2D eigenvalue weighted by Crippen LogP contribution is 2.26. The summed E-state index contributed by atoms with van der Waals surface area (Å²) in [6.45, 7) is 1.97. The van der Waals surface area contributed by atoms with Crippen LogP contribution in [0, 0.1) is 5.82 Å². The van der Waals surface area contributed by atoms with Crippen molar-refractivity contribution in [2.45, 2.75) is 26.5 Å². The number of amides is 1. The Labute approximate surface area is 210 Å². The number of nitrogens with zero attached hydrogens (tertiary/aromatic N) is 2. The van der Waals surface area contributed by atoms with Gasteiger partial charge in [0.05, 0.1) is 6.54 Å². The molecule has 0 fully saturated rings. The number of hydrogen-bond acceptors (Lipinski definition) is 7. The van der Waals surface area contributed by atoms with E-state index in [1.807, 2.05) is 0 Å². The monoisotopic (exact) mass is 516 g/mol. The normalized spacial score (nSPS) is 11.7. The van der Waals surface area contributed by atoms with E-state index in [9.17, 15) is 28.7 Å². The van der Waals surface area contributed by atoms with Gasteiger partial charge in [-0.3, -0.25) is 24.9 Å². The molecule has 0 saturated heterocycles. The topological polar surface area (TPSA) is 142 Å². The lowest BCUT2D eigenvalue weighted by molar-refractivity contribution is -0.164. The lowest BCUT2D eigenvalue weighted by Crippen LogP contribution is -2.48. The number of carboxylic acids is 1. The molecule has 1 amide bonds. The zero-order chi connectivity index (χ0) is 26.4. The van der Waals surface area contributed by atoms with Gasteiger partial charge in [-0.1, -0.05) is 35.9 Å². The van der Waals surface area contributed by atoms with Crippen LogP contribution in [0.1, 0.15) is 40.4 Å². The molecule has 0 aliphatic rings. The summed E-state index contributed by atoms with van der Waals surface area (Å²) in [6.07, 6.45) is -1.57. The summed E-state index contributed by atoms with van der Waals surface area (Å²) in [5.41, 5.74) is 4.05. The molecule has 2 aromatic carbocycles. The number of aliphatic carboxylic acids is 1. The number of aromatic nitrogens is 2. The minimum Gasteiger partial charge on any atom is -0.478 e. The summed E-state index contributed by atoms with van der Waals surface area (Å²) in [5, 5.41) is 17.3. The largest absolute Gasteiger partial charge is 0.478 e. The molecule has 36 heavy (non-hydrogen) atoms. The lowest BCUT2D eigenvalue weighted by atomic mass is 10.0. The standard InChI is InChI=1S/C24H22ClFN4O6/c1-13(31)20-10-21(28-27-20)23(33)29-30(12-22(24(34)35)36-14(2)32)11-15-3-5-16(6-4-15)18-9-17(25)7-8-19(18)26/h3-10,22H,11-12H2,1-2H3,(H,27,28)(H,29,33)(H,34,35). The molecule has 188 valence electrons. The Morgan fingerprint density at radius 2 is 1.83 bits per heavy atom. The van der Waals surface area contributed by atoms with Crippen LogP contribution in [0.5, 0.6) is 0 Å². The maximum Gasteiger partial charge on any atom is 0.346 e. The molecule has 0 aliphatic carbocycles. The maximum absolute atomic E-state index is 14.2. The Kier molecular flexibility index (Phi) is 8.51. The van der Waals surface area contributed by atoms with Crippen LogP contribution in [0.4, 0.5) is 4.39 Å². The van der Waals surface area contributed by atoms with Gasteiger partial charge in [-0.25, -0.2) is 14.2 Å². The summed E-state index contributed by atoms with van der Waals surface area (Å²) < 4.78 is 19.1. The molecular formula is C24H22ClFN4O6. The Balaban J connectivity index is 1.83. The number of carboxylic acid groups (broad SMARTS) is 1. The predicted octanol–water partition coefficient (Wildman–Crippen LogP) is 3.24. The van der Waals surface area contributed by atoms with Gasteiger partial charge in [-0.2, -0.15) is 5.10 Å². The molecule has 12 heteroatoms. The number of ether oxygens (including phenoxy) is 1. The Bertz CT molecular complexity index is 1290. The van der Waals surface area contributed by atoms with E-state index in [2.05, 4.69) is 15.6 Å². The first kappa shape index (κ1) is 26.5. The summed E-state index contributed by atoms with van der Waals surface area (Å²) in [6, 6.07) is 12.1. The molecule has 1 heterocycles. The van der Waals surface area contributed by atoms with E-state index in [1.54, 1.807) is 24.3 Å². The number of Topliss-reactive ketones (excluding diaryl/α,β-unsaturated/α-hetero) is 1. The number of esters is 1. The number of hydrazine groups is 1. The van der Waals surface area contributed by atoms with Crippen LogP contribution in [-0.4, -0.2) is 56.6 Å². The van der Waals surface area contributed by atoms with Crippen molar-refractivity contribution in [3.63, 3.8) is 0 Å². The molecule has 1 atom stereocenters. The molecule has 0 spiro atoms. The van der Waals surface area contributed by atoms with Crippen LogP contribution < -0.4 is 5.43 Å². The van der Waals surface area contributed by atoms with E-state index in [0.29, 0.717) is 21.7 Å². The van der Waals surface area contributed by atoms with Crippen LogP contribution in [0.2, 0.25) is 5.02 Å². The van der Waals surface area contributed by atoms with Crippen LogP contribution in [0.3, 0.4) is 0 Å². The van der Waals surface area contributed by atoms with Crippen molar-refractivity contribution in [2.75, 3.05) is 6.54 Å². The first-order chi connectivity index (χ1) is 17.0.